The van der Waals surface area contributed by atoms with Crippen LogP contribution in [0.15, 0.2) is 36.9 Å². The molecule has 0 unspecified atom stereocenters. The molecule has 2 aromatic rings. The molecule has 0 aliphatic carbocycles. The molecule has 1 aliphatic rings. The molecule has 7 heteroatoms. The van der Waals surface area contributed by atoms with Gasteiger partial charge in [0.1, 0.15) is 0 Å². The van der Waals surface area contributed by atoms with Crippen LogP contribution in [0, 0.1) is 0 Å². The number of aromatic nitrogens is 3. The quantitative estimate of drug-likeness (QED) is 0.748. The smallest absolute Gasteiger partial charge is 0.255 e. The molecule has 0 saturated carbocycles. The van der Waals surface area contributed by atoms with Crippen LogP contribution < -0.4 is 9.80 Å². The van der Waals surface area contributed by atoms with Gasteiger partial charge in [0.2, 0.25) is 5.95 Å². The summed E-state index contributed by atoms with van der Waals surface area (Å²) < 4.78 is 0. The minimum Gasteiger partial charge on any atom is -0.367 e. The molecule has 0 spiro atoms. The van der Waals surface area contributed by atoms with E-state index in [-0.39, 0.29) is 5.91 Å². The minimum absolute atomic E-state index is 0.0735. The molecule has 7 nitrogen and oxygen atoms in total. The van der Waals surface area contributed by atoms with E-state index >= 15 is 0 Å². The average Bonchev–Trinajstić information content (AvgIpc) is 2.74. The Morgan fingerprint density at radius 2 is 1.63 bits per heavy atom. The summed E-state index contributed by atoms with van der Waals surface area (Å²) in [5.41, 5.74) is 1.67. The van der Waals surface area contributed by atoms with Gasteiger partial charge in [-0.3, -0.25) is 9.78 Å². The summed E-state index contributed by atoms with van der Waals surface area (Å²) in [7, 11) is 0. The van der Waals surface area contributed by atoms with Crippen molar-refractivity contribution in [3.63, 3.8) is 0 Å². The molecule has 1 saturated heterocycles. The monoisotopic (exact) mass is 368 g/mol. The third kappa shape index (κ3) is 4.72. The molecule has 3 rings (SSSR count). The summed E-state index contributed by atoms with van der Waals surface area (Å²) in [5.74, 6) is 0.846. The van der Waals surface area contributed by atoms with Gasteiger partial charge in [0, 0.05) is 57.9 Å². The maximum absolute atomic E-state index is 12.8. The molecule has 0 N–H and O–H groups in total. The van der Waals surface area contributed by atoms with Crippen LogP contribution in [-0.4, -0.2) is 65.0 Å². The Labute approximate surface area is 161 Å². The zero-order chi connectivity index (χ0) is 19.1. The number of nitrogens with zero attached hydrogens (tertiary/aromatic N) is 6. The predicted octanol–water partition coefficient (Wildman–Crippen LogP) is 2.46. The second-order valence-corrected chi connectivity index (χ2v) is 6.75. The molecule has 1 fully saturated rings. The summed E-state index contributed by atoms with van der Waals surface area (Å²) in [6, 6.07) is 3.80. The molecule has 27 heavy (non-hydrogen) atoms. The summed E-state index contributed by atoms with van der Waals surface area (Å²) in [4.78, 5) is 32.2. The highest BCUT2D eigenvalue weighted by Crippen LogP contribution is 2.19. The van der Waals surface area contributed by atoms with E-state index in [1.165, 1.54) is 0 Å². The van der Waals surface area contributed by atoms with Gasteiger partial charge in [-0.15, -0.1) is 0 Å². The molecule has 0 atom stereocenters. The summed E-state index contributed by atoms with van der Waals surface area (Å²) >= 11 is 0. The van der Waals surface area contributed by atoms with Gasteiger partial charge in [-0.2, -0.15) is 0 Å². The maximum Gasteiger partial charge on any atom is 0.255 e. The van der Waals surface area contributed by atoms with Crippen LogP contribution in [0.2, 0.25) is 0 Å². The van der Waals surface area contributed by atoms with E-state index in [0.717, 1.165) is 63.7 Å². The van der Waals surface area contributed by atoms with Crippen molar-refractivity contribution in [2.75, 3.05) is 49.1 Å². The number of carbonyl (C=O) groups is 1. The van der Waals surface area contributed by atoms with Crippen LogP contribution in [0.25, 0.3) is 0 Å². The highest BCUT2D eigenvalue weighted by Gasteiger charge is 2.21. The molecule has 3 heterocycles. The molecular weight excluding hydrogens is 340 g/mol. The van der Waals surface area contributed by atoms with Gasteiger partial charge in [0.25, 0.3) is 5.91 Å². The van der Waals surface area contributed by atoms with Gasteiger partial charge in [-0.25, -0.2) is 9.97 Å². The van der Waals surface area contributed by atoms with Crippen molar-refractivity contribution in [3.8, 4) is 0 Å². The minimum atomic E-state index is 0.0735. The summed E-state index contributed by atoms with van der Waals surface area (Å²) in [6.07, 6.45) is 8.98. The number of rotatable bonds is 7. The molecule has 0 bridgehead atoms. The van der Waals surface area contributed by atoms with Gasteiger partial charge in [-0.1, -0.05) is 13.8 Å². The number of carbonyl (C=O) groups excluding carboxylic acids is 1. The van der Waals surface area contributed by atoms with Gasteiger partial charge < -0.3 is 14.7 Å². The van der Waals surface area contributed by atoms with Crippen molar-refractivity contribution in [3.05, 3.63) is 42.5 Å². The molecule has 0 aromatic carbocycles. The van der Waals surface area contributed by atoms with Crippen molar-refractivity contribution < 1.29 is 4.79 Å². The van der Waals surface area contributed by atoms with Gasteiger partial charge in [0.15, 0.2) is 0 Å². The highest BCUT2D eigenvalue weighted by atomic mass is 16.2. The number of amides is 1. The summed E-state index contributed by atoms with van der Waals surface area (Å²) in [5, 5.41) is 0. The number of hydrogen-bond acceptors (Lipinski definition) is 6. The fourth-order valence-corrected chi connectivity index (χ4v) is 3.37. The Morgan fingerprint density at radius 1 is 1.00 bits per heavy atom. The third-order valence-electron chi connectivity index (χ3n) is 4.72. The molecule has 0 radical (unpaired) electrons. The number of pyridine rings is 1. The van der Waals surface area contributed by atoms with Crippen LogP contribution in [0.4, 0.5) is 11.6 Å². The van der Waals surface area contributed by atoms with Crippen molar-refractivity contribution in [1.29, 1.82) is 0 Å². The normalized spacial score (nSPS) is 14.3. The van der Waals surface area contributed by atoms with Crippen LogP contribution in [0.5, 0.6) is 0 Å². The predicted molar refractivity (Wildman–Crippen MR) is 107 cm³/mol. The summed E-state index contributed by atoms with van der Waals surface area (Å²) in [6.45, 7) is 9.16. The second kappa shape index (κ2) is 9.30. The Hall–Kier alpha value is -2.70. The third-order valence-corrected chi connectivity index (χ3v) is 4.72. The Bertz CT molecular complexity index is 724. The Kier molecular flexibility index (Phi) is 6.57. The fraction of sp³-hybridized carbons (Fsp3) is 0.500. The van der Waals surface area contributed by atoms with Gasteiger partial charge >= 0.3 is 0 Å². The topological polar surface area (TPSA) is 65.5 Å². The zero-order valence-electron chi connectivity index (χ0n) is 16.2. The molecular formula is C20H28N6O. The van der Waals surface area contributed by atoms with E-state index in [1.807, 2.05) is 23.2 Å². The van der Waals surface area contributed by atoms with Crippen LogP contribution in [-0.2, 0) is 0 Å². The van der Waals surface area contributed by atoms with E-state index in [4.69, 9.17) is 0 Å². The van der Waals surface area contributed by atoms with Crippen molar-refractivity contribution >= 4 is 17.5 Å². The fourth-order valence-electron chi connectivity index (χ4n) is 3.37. The van der Waals surface area contributed by atoms with Gasteiger partial charge in [0.05, 0.1) is 17.4 Å². The van der Waals surface area contributed by atoms with Gasteiger partial charge in [-0.05, 0) is 25.0 Å². The maximum atomic E-state index is 12.8. The first-order valence-electron chi connectivity index (χ1n) is 9.74. The standard InChI is InChI=1S/C20H28N6O/c1-3-8-25(9-4-2)19(27)17-14-18(16-21-15-17)24-10-12-26(13-11-24)20-22-6-5-7-23-20/h5-7,14-16H,3-4,8-13H2,1-2H3. The van der Waals surface area contributed by atoms with E-state index in [1.54, 1.807) is 18.6 Å². The average molecular weight is 368 g/mol. The van der Waals surface area contributed by atoms with Crippen molar-refractivity contribution in [2.24, 2.45) is 0 Å². The first kappa shape index (κ1) is 19.1. The molecule has 1 aliphatic heterocycles. The van der Waals surface area contributed by atoms with E-state index < -0.39 is 0 Å². The van der Waals surface area contributed by atoms with Crippen molar-refractivity contribution in [1.82, 2.24) is 19.9 Å². The lowest BCUT2D eigenvalue weighted by atomic mass is 10.2. The molecule has 1 amide bonds. The first-order chi connectivity index (χ1) is 13.2. The Morgan fingerprint density at radius 3 is 2.26 bits per heavy atom. The van der Waals surface area contributed by atoms with E-state index in [9.17, 15) is 4.79 Å². The highest BCUT2D eigenvalue weighted by molar-refractivity contribution is 5.94. The van der Waals surface area contributed by atoms with E-state index in [0.29, 0.717) is 5.56 Å². The zero-order valence-corrected chi connectivity index (χ0v) is 16.2. The number of hydrogen-bond donors (Lipinski definition) is 0. The lowest BCUT2D eigenvalue weighted by molar-refractivity contribution is 0.0755. The Balaban J connectivity index is 1.66. The van der Waals surface area contributed by atoms with Crippen LogP contribution >= 0.6 is 0 Å². The lowest BCUT2D eigenvalue weighted by Crippen LogP contribution is -2.47. The van der Waals surface area contributed by atoms with Crippen LogP contribution in [0.1, 0.15) is 37.0 Å². The lowest BCUT2D eigenvalue weighted by Gasteiger charge is -2.36. The van der Waals surface area contributed by atoms with E-state index in [2.05, 4.69) is 38.6 Å². The SMILES string of the molecule is CCCN(CCC)C(=O)c1cncc(N2CCN(c3ncccn3)CC2)c1. The number of anilines is 2. The van der Waals surface area contributed by atoms with Crippen molar-refractivity contribution in [2.45, 2.75) is 26.7 Å². The second-order valence-electron chi connectivity index (χ2n) is 6.75. The first-order valence-corrected chi connectivity index (χ1v) is 9.74. The largest absolute Gasteiger partial charge is 0.367 e. The molecule has 2 aromatic heterocycles. The van der Waals surface area contributed by atoms with Crippen LogP contribution in [0.3, 0.4) is 0 Å². The number of piperazine rings is 1. The molecule has 144 valence electrons.